The smallest absolute Gasteiger partial charge is 0.317 e. The molecule has 2 saturated heterocycles. The van der Waals surface area contributed by atoms with Gasteiger partial charge >= 0.3 is 17.9 Å². The third-order valence-corrected chi connectivity index (χ3v) is 14.4. The highest BCUT2D eigenvalue weighted by molar-refractivity contribution is 6.34. The van der Waals surface area contributed by atoms with Gasteiger partial charge in [0.2, 0.25) is 11.8 Å². The molecule has 27 heteroatoms. The van der Waals surface area contributed by atoms with Gasteiger partial charge < -0.3 is 59.4 Å². The maximum atomic E-state index is 14.4. The second-order valence-corrected chi connectivity index (χ2v) is 21.5. The Labute approximate surface area is 490 Å². The number of aliphatic carboxylic acids is 3. The molecule has 0 radical (unpaired) electrons. The van der Waals surface area contributed by atoms with Crippen LogP contribution in [-0.2, 0) is 49.6 Å². The van der Waals surface area contributed by atoms with Gasteiger partial charge in [-0.1, -0.05) is 46.6 Å². The Kier molecular flexibility index (Phi) is 23.4. The summed E-state index contributed by atoms with van der Waals surface area (Å²) in [4.78, 5) is 88.7. The molecule has 7 rings (SSSR count). The first kappa shape index (κ1) is 63.6. The molecule has 2 fully saturated rings. The van der Waals surface area contributed by atoms with E-state index in [0.29, 0.717) is 82.6 Å². The number of ether oxygens (including phenoxy) is 5. The average molecular weight is 1200 g/mol. The number of benzene rings is 3. The summed E-state index contributed by atoms with van der Waals surface area (Å²) in [6.07, 6.45) is 0. The summed E-state index contributed by atoms with van der Waals surface area (Å²) < 4.78 is 30.7. The number of morpholine rings is 1. The Morgan fingerprint density at radius 2 is 1.30 bits per heavy atom. The van der Waals surface area contributed by atoms with Gasteiger partial charge in [-0.2, -0.15) is 5.10 Å². The van der Waals surface area contributed by atoms with Gasteiger partial charge in [0, 0.05) is 98.2 Å². The Hall–Kier alpha value is -6.94. The van der Waals surface area contributed by atoms with Crippen LogP contribution in [0.15, 0.2) is 59.8 Å². The van der Waals surface area contributed by atoms with E-state index in [0.717, 1.165) is 16.7 Å². The topological polar surface area (TPSA) is 289 Å². The molecule has 0 saturated carbocycles. The van der Waals surface area contributed by atoms with Gasteiger partial charge in [0.15, 0.2) is 5.69 Å². The summed E-state index contributed by atoms with van der Waals surface area (Å²) in [6.45, 7) is 9.12. The largest absolute Gasteiger partial charge is 0.496 e. The van der Waals surface area contributed by atoms with Crippen molar-refractivity contribution in [1.29, 1.82) is 0 Å². The second-order valence-electron chi connectivity index (χ2n) is 20.6. The number of carbonyl (C=O) groups excluding carboxylic acids is 3. The molecule has 3 aliphatic heterocycles. The van der Waals surface area contributed by atoms with E-state index in [1.165, 1.54) is 0 Å². The van der Waals surface area contributed by atoms with Crippen molar-refractivity contribution in [2.75, 3.05) is 152 Å². The molecule has 0 bridgehead atoms. The van der Waals surface area contributed by atoms with Crippen molar-refractivity contribution in [1.82, 2.24) is 44.9 Å². The molecule has 4 aromatic rings. The van der Waals surface area contributed by atoms with Crippen LogP contribution >= 0.6 is 23.2 Å². The number of carboxylic acid groups (broad SMARTS) is 3. The van der Waals surface area contributed by atoms with Gasteiger partial charge in [-0.3, -0.25) is 48.4 Å². The number of halogens is 2. The maximum absolute atomic E-state index is 14.4. The van der Waals surface area contributed by atoms with E-state index < -0.39 is 23.4 Å². The number of carbonyl (C=O) groups is 6. The molecule has 4 heterocycles. The van der Waals surface area contributed by atoms with Crippen LogP contribution in [0.1, 0.15) is 42.4 Å². The van der Waals surface area contributed by atoms with E-state index in [-0.39, 0.29) is 142 Å². The lowest BCUT2D eigenvalue weighted by Crippen LogP contribution is -2.55. The number of methoxy groups -OCH3 is 1. The number of carboxylic acids is 3. The predicted molar refractivity (Wildman–Crippen MR) is 306 cm³/mol. The molecule has 0 atom stereocenters. The number of nitrogens with one attached hydrogen (secondary N) is 2. The third-order valence-electron chi connectivity index (χ3n) is 14.0. The zero-order chi connectivity index (χ0) is 59.6. The SMILES string of the molecule is COc1cc2c(cc1-c1cccc(/C(C)=N/OCCNC(=O)COCCOCCNC(=O)CN3CCN(CC(=O)O)CCN(CC(=O)O)CCN(CC(=O)O)CC3)c1)-c1c(c(C(=O)N3CCOCC3(C)C)nn1-c1cc(Cl)cc(Cl)c1)CO2. The van der Waals surface area contributed by atoms with Crippen LogP contribution in [0, 0.1) is 0 Å². The minimum absolute atomic E-state index is 0.0246. The fourth-order valence-corrected chi connectivity index (χ4v) is 10.3. The first-order valence-corrected chi connectivity index (χ1v) is 27.9. The van der Waals surface area contributed by atoms with Crippen molar-refractivity contribution in [3.05, 3.63) is 81.5 Å². The molecule has 5 N–H and O–H groups in total. The first-order chi connectivity index (χ1) is 39.8. The molecule has 25 nitrogen and oxygen atoms in total. The molecule has 0 unspecified atom stereocenters. The number of hydrogen-bond donors (Lipinski definition) is 5. The molecular formula is C56H72Cl2N10O15. The molecule has 0 spiro atoms. The molecule has 83 heavy (non-hydrogen) atoms. The van der Waals surface area contributed by atoms with Gasteiger partial charge in [0.25, 0.3) is 5.91 Å². The predicted octanol–water partition coefficient (Wildman–Crippen LogP) is 3.15. The lowest BCUT2D eigenvalue weighted by atomic mass is 9.94. The molecule has 0 aliphatic carbocycles. The van der Waals surface area contributed by atoms with Crippen LogP contribution in [0.5, 0.6) is 11.5 Å². The van der Waals surface area contributed by atoms with Gasteiger partial charge in [0.05, 0.1) is 95.5 Å². The minimum Gasteiger partial charge on any atom is -0.496 e. The summed E-state index contributed by atoms with van der Waals surface area (Å²) in [5, 5.41) is 43.9. The summed E-state index contributed by atoms with van der Waals surface area (Å²) in [6, 6.07) is 16.6. The lowest BCUT2D eigenvalue weighted by molar-refractivity contribution is -0.140. The van der Waals surface area contributed by atoms with Gasteiger partial charge in [0.1, 0.15) is 31.3 Å². The van der Waals surface area contributed by atoms with Gasteiger partial charge in [-0.15, -0.1) is 0 Å². The Morgan fingerprint density at radius 1 is 0.711 bits per heavy atom. The van der Waals surface area contributed by atoms with E-state index >= 15 is 0 Å². The summed E-state index contributed by atoms with van der Waals surface area (Å²) in [5.41, 5.74) is 5.02. The average Bonchev–Trinajstić information content (AvgIpc) is 2.05. The van der Waals surface area contributed by atoms with Gasteiger partial charge in [-0.05, 0) is 62.2 Å². The van der Waals surface area contributed by atoms with Crippen molar-refractivity contribution >= 4 is 64.5 Å². The van der Waals surface area contributed by atoms with Crippen LogP contribution in [0.4, 0.5) is 0 Å². The standard InChI is InChI=1S/C56H72Cl2N10O15/c1-37(62-83-20-9-60-49(70)35-80-23-22-79-19-8-59-48(69)30-63-10-12-64(31-50(71)72)14-16-66(33-52(75)76)17-15-65(13-11-63)32-51(73)74)38-6-5-7-39(24-38)43-28-44-47(29-46(43)78-4)82-34-45-53(55(77)67-18-21-81-36-56(67,2)3)61-68(54(44)45)42-26-40(57)25-41(58)27-42/h5-7,24-29H,8-23,30-36H2,1-4H3,(H,59,69)(H,60,70)(H,71,72)(H,73,74)(H,75,76)/b62-37+. The summed E-state index contributed by atoms with van der Waals surface area (Å²) in [5.74, 6) is -2.96. The number of hydrogen-bond acceptors (Lipinski definition) is 18. The summed E-state index contributed by atoms with van der Waals surface area (Å²) >= 11 is 13.0. The lowest BCUT2D eigenvalue weighted by Gasteiger charge is -2.41. The highest BCUT2D eigenvalue weighted by atomic mass is 35.5. The monoisotopic (exact) mass is 1190 g/mol. The Morgan fingerprint density at radius 3 is 1.90 bits per heavy atom. The zero-order valence-corrected chi connectivity index (χ0v) is 48.5. The highest BCUT2D eigenvalue weighted by Crippen LogP contribution is 2.47. The molecule has 3 aromatic carbocycles. The normalized spacial score (nSPS) is 16.6. The van der Waals surface area contributed by atoms with Crippen LogP contribution < -0.4 is 20.1 Å². The Bertz CT molecular complexity index is 2930. The zero-order valence-electron chi connectivity index (χ0n) is 47.0. The third kappa shape index (κ3) is 18.5. The van der Waals surface area contributed by atoms with Crippen molar-refractivity contribution in [2.45, 2.75) is 32.9 Å². The van der Waals surface area contributed by atoms with E-state index in [4.69, 9.17) is 56.8 Å². The van der Waals surface area contributed by atoms with E-state index in [2.05, 4.69) is 15.8 Å². The molecule has 3 aliphatic rings. The quantitative estimate of drug-likeness (QED) is 0.0362. The Balaban J connectivity index is 0.858. The van der Waals surface area contributed by atoms with E-state index in [9.17, 15) is 44.1 Å². The number of amides is 3. The fraction of sp³-hybridized carbons (Fsp3) is 0.500. The molecule has 450 valence electrons. The maximum Gasteiger partial charge on any atom is 0.317 e. The van der Waals surface area contributed by atoms with Crippen molar-refractivity contribution in [2.24, 2.45) is 5.16 Å². The first-order valence-electron chi connectivity index (χ1n) is 27.1. The van der Waals surface area contributed by atoms with Crippen molar-refractivity contribution in [3.8, 4) is 39.6 Å². The number of fused-ring (bicyclic) bond motifs is 3. The van der Waals surface area contributed by atoms with E-state index in [1.54, 1.807) is 56.5 Å². The molecule has 1 aromatic heterocycles. The van der Waals surface area contributed by atoms with Crippen LogP contribution in [0.2, 0.25) is 10.0 Å². The number of aromatic nitrogens is 2. The fourth-order valence-electron chi connectivity index (χ4n) is 9.74. The van der Waals surface area contributed by atoms with E-state index in [1.807, 2.05) is 55.1 Å². The molecular weight excluding hydrogens is 1120 g/mol. The van der Waals surface area contributed by atoms with Crippen LogP contribution in [0.25, 0.3) is 28.1 Å². The number of oxime groups is 1. The number of rotatable bonds is 25. The van der Waals surface area contributed by atoms with Crippen molar-refractivity contribution < 1.29 is 72.6 Å². The van der Waals surface area contributed by atoms with Crippen LogP contribution in [-0.4, -0.2) is 248 Å². The summed E-state index contributed by atoms with van der Waals surface area (Å²) in [7, 11) is 1.58. The highest BCUT2D eigenvalue weighted by Gasteiger charge is 2.39. The number of nitrogens with zero attached hydrogens (tertiary/aromatic N) is 8. The van der Waals surface area contributed by atoms with Crippen LogP contribution in [0.3, 0.4) is 0 Å². The minimum atomic E-state index is -1.04. The van der Waals surface area contributed by atoms with Gasteiger partial charge in [-0.25, -0.2) is 4.68 Å². The second kappa shape index (κ2) is 30.6. The molecule has 3 amide bonds. The van der Waals surface area contributed by atoms with Crippen molar-refractivity contribution in [3.63, 3.8) is 0 Å².